The molecule has 0 radical (unpaired) electrons. The third-order valence-corrected chi connectivity index (χ3v) is 2.76. The van der Waals surface area contributed by atoms with Gasteiger partial charge in [-0.05, 0) is 32.0 Å². The zero-order valence-electron chi connectivity index (χ0n) is 9.88. The molecular formula is C13H14N4. The third kappa shape index (κ3) is 2.05. The van der Waals surface area contributed by atoms with Gasteiger partial charge < -0.3 is 5.73 Å². The number of benzene rings is 1. The highest BCUT2D eigenvalue weighted by atomic mass is 15.3. The summed E-state index contributed by atoms with van der Waals surface area (Å²) in [6.07, 6.45) is 1.78. The van der Waals surface area contributed by atoms with E-state index in [2.05, 4.69) is 11.2 Å². The van der Waals surface area contributed by atoms with Gasteiger partial charge in [-0.1, -0.05) is 6.07 Å². The number of nitriles is 1. The lowest BCUT2D eigenvalue weighted by atomic mass is 10.1. The molecule has 2 rings (SSSR count). The van der Waals surface area contributed by atoms with Gasteiger partial charge in [-0.3, -0.25) is 0 Å². The van der Waals surface area contributed by atoms with Crippen molar-refractivity contribution in [2.75, 3.05) is 0 Å². The van der Waals surface area contributed by atoms with Crippen molar-refractivity contribution >= 4 is 0 Å². The first kappa shape index (κ1) is 11.4. The van der Waals surface area contributed by atoms with Gasteiger partial charge in [0, 0.05) is 17.3 Å². The smallest absolute Gasteiger partial charge is 0.0992 e. The van der Waals surface area contributed by atoms with Crippen molar-refractivity contribution in [1.82, 2.24) is 9.78 Å². The maximum absolute atomic E-state index is 8.87. The summed E-state index contributed by atoms with van der Waals surface area (Å²) < 4.78 is 1.81. The van der Waals surface area contributed by atoms with Crippen LogP contribution in [-0.4, -0.2) is 9.78 Å². The average Bonchev–Trinajstić information content (AvgIpc) is 2.71. The van der Waals surface area contributed by atoms with Gasteiger partial charge >= 0.3 is 0 Å². The number of rotatable bonds is 2. The summed E-state index contributed by atoms with van der Waals surface area (Å²) in [6.45, 7) is 3.91. The number of nitrogens with zero attached hydrogens (tertiary/aromatic N) is 3. The second-order valence-electron chi connectivity index (χ2n) is 4.05. The summed E-state index contributed by atoms with van der Waals surface area (Å²) in [5.41, 5.74) is 9.39. The van der Waals surface area contributed by atoms with Crippen molar-refractivity contribution in [3.05, 3.63) is 47.3 Å². The summed E-state index contributed by atoms with van der Waals surface area (Å²) in [6, 6.07) is 9.43. The second kappa shape index (κ2) is 4.40. The molecule has 0 spiro atoms. The SMILES string of the molecule is Cc1c(C(C)N)cnn1-c1cccc(C#N)c1. The number of hydrogen-bond acceptors (Lipinski definition) is 3. The van der Waals surface area contributed by atoms with Crippen LogP contribution in [0.15, 0.2) is 30.5 Å². The molecule has 86 valence electrons. The Kier molecular flexibility index (Phi) is 2.94. The van der Waals surface area contributed by atoms with Crippen molar-refractivity contribution in [3.8, 4) is 11.8 Å². The third-order valence-electron chi connectivity index (χ3n) is 2.76. The molecule has 2 N–H and O–H groups in total. The van der Waals surface area contributed by atoms with Crippen LogP contribution in [0.3, 0.4) is 0 Å². The van der Waals surface area contributed by atoms with Crippen molar-refractivity contribution in [2.45, 2.75) is 19.9 Å². The van der Waals surface area contributed by atoms with Crippen molar-refractivity contribution in [3.63, 3.8) is 0 Å². The molecule has 0 fully saturated rings. The van der Waals surface area contributed by atoms with Crippen LogP contribution in [0.25, 0.3) is 5.69 Å². The average molecular weight is 226 g/mol. The Labute approximate surface area is 100 Å². The molecule has 1 aromatic heterocycles. The fourth-order valence-electron chi connectivity index (χ4n) is 1.84. The molecular weight excluding hydrogens is 212 g/mol. The van der Waals surface area contributed by atoms with E-state index in [1.54, 1.807) is 16.9 Å². The molecule has 2 aromatic rings. The minimum absolute atomic E-state index is 0.0390. The Hall–Kier alpha value is -2.12. The van der Waals surface area contributed by atoms with E-state index in [4.69, 9.17) is 11.0 Å². The normalized spacial score (nSPS) is 12.1. The van der Waals surface area contributed by atoms with E-state index in [1.807, 2.05) is 32.0 Å². The first-order valence-electron chi connectivity index (χ1n) is 5.44. The van der Waals surface area contributed by atoms with E-state index in [1.165, 1.54) is 0 Å². The van der Waals surface area contributed by atoms with E-state index >= 15 is 0 Å². The summed E-state index contributed by atoms with van der Waals surface area (Å²) in [4.78, 5) is 0. The molecule has 0 aliphatic carbocycles. The van der Waals surface area contributed by atoms with E-state index in [0.29, 0.717) is 5.56 Å². The van der Waals surface area contributed by atoms with Crippen molar-refractivity contribution in [2.24, 2.45) is 5.73 Å². The minimum atomic E-state index is -0.0390. The van der Waals surface area contributed by atoms with E-state index in [0.717, 1.165) is 16.9 Å². The zero-order chi connectivity index (χ0) is 12.4. The maximum atomic E-state index is 8.87. The Morgan fingerprint density at radius 3 is 2.82 bits per heavy atom. The van der Waals surface area contributed by atoms with Crippen LogP contribution in [0.4, 0.5) is 0 Å². The largest absolute Gasteiger partial charge is 0.324 e. The highest BCUT2D eigenvalue weighted by Crippen LogP contribution is 2.18. The number of hydrogen-bond donors (Lipinski definition) is 1. The van der Waals surface area contributed by atoms with Crippen LogP contribution in [0.2, 0.25) is 0 Å². The molecule has 4 nitrogen and oxygen atoms in total. The van der Waals surface area contributed by atoms with Gasteiger partial charge in [-0.25, -0.2) is 4.68 Å². The predicted molar refractivity (Wildman–Crippen MR) is 65.6 cm³/mol. The first-order valence-corrected chi connectivity index (χ1v) is 5.44. The van der Waals surface area contributed by atoms with E-state index in [-0.39, 0.29) is 6.04 Å². The Bertz CT molecular complexity index is 575. The standard InChI is InChI=1S/C13H14N4/c1-9(15)13-8-16-17(10(13)2)12-5-3-4-11(6-12)7-14/h3-6,8-9H,15H2,1-2H3. The van der Waals surface area contributed by atoms with Crippen molar-refractivity contribution in [1.29, 1.82) is 5.26 Å². The number of aromatic nitrogens is 2. The van der Waals surface area contributed by atoms with Gasteiger partial charge in [-0.2, -0.15) is 10.4 Å². The van der Waals surface area contributed by atoms with Gasteiger partial charge in [0.15, 0.2) is 0 Å². The van der Waals surface area contributed by atoms with Crippen LogP contribution in [0, 0.1) is 18.3 Å². The molecule has 17 heavy (non-hydrogen) atoms. The van der Waals surface area contributed by atoms with Crippen LogP contribution in [-0.2, 0) is 0 Å². The molecule has 0 aliphatic rings. The molecule has 1 heterocycles. The fraction of sp³-hybridized carbons (Fsp3) is 0.231. The second-order valence-corrected chi connectivity index (χ2v) is 4.05. The van der Waals surface area contributed by atoms with Gasteiger partial charge in [-0.15, -0.1) is 0 Å². The quantitative estimate of drug-likeness (QED) is 0.852. The lowest BCUT2D eigenvalue weighted by Crippen LogP contribution is -2.07. The number of nitrogens with two attached hydrogens (primary N) is 1. The summed E-state index contributed by atoms with van der Waals surface area (Å²) in [5, 5.41) is 13.2. The van der Waals surface area contributed by atoms with Gasteiger partial charge in [0.25, 0.3) is 0 Å². The maximum Gasteiger partial charge on any atom is 0.0992 e. The van der Waals surface area contributed by atoms with E-state index < -0.39 is 0 Å². The van der Waals surface area contributed by atoms with Crippen LogP contribution >= 0.6 is 0 Å². The molecule has 0 bridgehead atoms. The topological polar surface area (TPSA) is 67.6 Å². The summed E-state index contributed by atoms with van der Waals surface area (Å²) >= 11 is 0. The summed E-state index contributed by atoms with van der Waals surface area (Å²) in [7, 11) is 0. The first-order chi connectivity index (χ1) is 8.13. The molecule has 1 unspecified atom stereocenters. The molecule has 0 saturated heterocycles. The van der Waals surface area contributed by atoms with Crippen molar-refractivity contribution < 1.29 is 0 Å². The monoisotopic (exact) mass is 226 g/mol. The lowest BCUT2D eigenvalue weighted by molar-refractivity contribution is 0.796. The highest BCUT2D eigenvalue weighted by molar-refractivity contribution is 5.42. The molecule has 0 saturated carbocycles. The molecule has 4 heteroatoms. The van der Waals surface area contributed by atoms with Crippen LogP contribution in [0.5, 0.6) is 0 Å². The van der Waals surface area contributed by atoms with Gasteiger partial charge in [0.2, 0.25) is 0 Å². The molecule has 0 aliphatic heterocycles. The van der Waals surface area contributed by atoms with Crippen LogP contribution < -0.4 is 5.73 Å². The Balaban J connectivity index is 2.50. The Morgan fingerprint density at radius 1 is 1.47 bits per heavy atom. The molecule has 1 atom stereocenters. The van der Waals surface area contributed by atoms with Gasteiger partial charge in [0.05, 0.1) is 23.5 Å². The summed E-state index contributed by atoms with van der Waals surface area (Å²) in [5.74, 6) is 0. The minimum Gasteiger partial charge on any atom is -0.324 e. The Morgan fingerprint density at radius 2 is 2.24 bits per heavy atom. The van der Waals surface area contributed by atoms with Gasteiger partial charge in [0.1, 0.15) is 0 Å². The van der Waals surface area contributed by atoms with Crippen LogP contribution in [0.1, 0.15) is 29.8 Å². The lowest BCUT2D eigenvalue weighted by Gasteiger charge is -2.07. The highest BCUT2D eigenvalue weighted by Gasteiger charge is 2.11. The van der Waals surface area contributed by atoms with E-state index in [9.17, 15) is 0 Å². The predicted octanol–water partition coefficient (Wildman–Crippen LogP) is 2.07. The molecule has 1 aromatic carbocycles. The molecule has 0 amide bonds. The zero-order valence-corrected chi connectivity index (χ0v) is 9.88. The fourth-order valence-corrected chi connectivity index (χ4v) is 1.84.